The Balaban J connectivity index is 1.75. The van der Waals surface area contributed by atoms with Gasteiger partial charge in [-0.3, -0.25) is 4.98 Å². The Hall–Kier alpha value is -0.890. The van der Waals surface area contributed by atoms with Crippen molar-refractivity contribution in [3.05, 3.63) is 29.6 Å². The molecule has 2 atom stereocenters. The maximum atomic E-state index is 10.7. The largest absolute Gasteiger partial charge is 0.392 e. The minimum absolute atomic E-state index is 0.167. The highest BCUT2D eigenvalue weighted by Gasteiger charge is 2.34. The van der Waals surface area contributed by atoms with Gasteiger partial charge in [-0.2, -0.15) is 0 Å². The molecule has 1 N–H and O–H groups in total. The van der Waals surface area contributed by atoms with Gasteiger partial charge in [-0.15, -0.1) is 0 Å². The van der Waals surface area contributed by atoms with Crippen molar-refractivity contribution in [2.75, 3.05) is 0 Å². The molecule has 1 heterocycles. The van der Waals surface area contributed by atoms with E-state index in [0.29, 0.717) is 11.8 Å². The minimum Gasteiger partial charge on any atom is -0.392 e. The molecule has 2 heteroatoms. The molecule has 1 saturated carbocycles. The number of fused-ring (bicyclic) bond motifs is 1. The molecule has 2 aliphatic rings. The number of nitrogens with zero attached hydrogens (tertiary/aromatic N) is 1. The van der Waals surface area contributed by atoms with E-state index in [1.54, 1.807) is 0 Å². The summed E-state index contributed by atoms with van der Waals surface area (Å²) in [5.74, 6) is 0.801. The first-order chi connectivity index (χ1) is 8.86. The minimum atomic E-state index is -0.167. The molecule has 18 heavy (non-hydrogen) atoms. The molecule has 0 aliphatic heterocycles. The van der Waals surface area contributed by atoms with E-state index in [1.807, 2.05) is 12.3 Å². The predicted molar refractivity (Wildman–Crippen MR) is 72.5 cm³/mol. The van der Waals surface area contributed by atoms with E-state index in [-0.39, 0.29) is 6.10 Å². The Morgan fingerprint density at radius 1 is 1.11 bits per heavy atom. The van der Waals surface area contributed by atoms with Crippen LogP contribution in [0.2, 0.25) is 0 Å². The lowest BCUT2D eigenvalue weighted by Crippen LogP contribution is -2.26. The van der Waals surface area contributed by atoms with Gasteiger partial charge >= 0.3 is 0 Å². The van der Waals surface area contributed by atoms with Crippen LogP contribution in [-0.2, 0) is 6.42 Å². The summed E-state index contributed by atoms with van der Waals surface area (Å²) in [6, 6.07) is 4.18. The van der Waals surface area contributed by atoms with Crippen molar-refractivity contribution in [2.24, 2.45) is 5.92 Å². The van der Waals surface area contributed by atoms with Crippen LogP contribution in [0.5, 0.6) is 0 Å². The third kappa shape index (κ3) is 2.31. The number of hydrogen-bond acceptors (Lipinski definition) is 2. The normalized spacial score (nSPS) is 26.6. The molecule has 98 valence electrons. The van der Waals surface area contributed by atoms with Crippen LogP contribution in [0.15, 0.2) is 18.3 Å². The molecule has 0 amide bonds. The van der Waals surface area contributed by atoms with Gasteiger partial charge in [-0.25, -0.2) is 0 Å². The molecule has 1 aromatic rings. The first-order valence-electron chi connectivity index (χ1n) is 7.48. The summed E-state index contributed by atoms with van der Waals surface area (Å²) in [7, 11) is 0. The SMILES string of the molecule is OC(C1CCCCCC1)C1CCc2cccnc21. The van der Waals surface area contributed by atoms with Crippen LogP contribution in [-0.4, -0.2) is 16.2 Å². The van der Waals surface area contributed by atoms with E-state index < -0.39 is 0 Å². The Kier molecular flexibility index (Phi) is 3.64. The summed E-state index contributed by atoms with van der Waals surface area (Å²) in [4.78, 5) is 4.52. The number of aliphatic hydroxyl groups is 1. The maximum absolute atomic E-state index is 10.7. The summed E-state index contributed by atoms with van der Waals surface area (Å²) in [5, 5.41) is 10.7. The average molecular weight is 245 g/mol. The summed E-state index contributed by atoms with van der Waals surface area (Å²) < 4.78 is 0. The van der Waals surface area contributed by atoms with Gasteiger partial charge in [0.05, 0.1) is 6.10 Å². The van der Waals surface area contributed by atoms with E-state index in [9.17, 15) is 5.11 Å². The lowest BCUT2D eigenvalue weighted by molar-refractivity contribution is 0.0710. The molecule has 0 aromatic carbocycles. The van der Waals surface area contributed by atoms with E-state index >= 15 is 0 Å². The quantitative estimate of drug-likeness (QED) is 0.810. The second-order valence-electron chi connectivity index (χ2n) is 5.94. The van der Waals surface area contributed by atoms with E-state index in [4.69, 9.17) is 0 Å². The van der Waals surface area contributed by atoms with Crippen molar-refractivity contribution in [1.29, 1.82) is 0 Å². The second kappa shape index (κ2) is 5.40. The first-order valence-corrected chi connectivity index (χ1v) is 7.48. The van der Waals surface area contributed by atoms with Crippen LogP contribution >= 0.6 is 0 Å². The lowest BCUT2D eigenvalue weighted by Gasteiger charge is -2.26. The number of rotatable bonds is 2. The molecule has 2 unspecified atom stereocenters. The Morgan fingerprint density at radius 2 is 1.89 bits per heavy atom. The fraction of sp³-hybridized carbons (Fsp3) is 0.688. The van der Waals surface area contributed by atoms with E-state index in [1.165, 1.54) is 49.8 Å². The second-order valence-corrected chi connectivity index (χ2v) is 5.94. The first kappa shape index (κ1) is 12.2. The van der Waals surface area contributed by atoms with Crippen LogP contribution < -0.4 is 0 Å². The molecule has 1 aromatic heterocycles. The Morgan fingerprint density at radius 3 is 2.67 bits per heavy atom. The molecule has 0 saturated heterocycles. The molecular formula is C16H23NO. The molecule has 2 nitrogen and oxygen atoms in total. The highest BCUT2D eigenvalue weighted by atomic mass is 16.3. The smallest absolute Gasteiger partial charge is 0.0652 e. The van der Waals surface area contributed by atoms with Crippen LogP contribution in [0.1, 0.15) is 62.1 Å². The van der Waals surface area contributed by atoms with Crippen molar-refractivity contribution >= 4 is 0 Å². The molecule has 0 radical (unpaired) electrons. The summed E-state index contributed by atoms with van der Waals surface area (Å²) in [5.41, 5.74) is 2.53. The number of pyridine rings is 1. The zero-order chi connectivity index (χ0) is 12.4. The number of hydrogen-bond donors (Lipinski definition) is 1. The topological polar surface area (TPSA) is 33.1 Å². The predicted octanol–water partition coefficient (Wildman–Crippen LogP) is 3.44. The fourth-order valence-corrected chi connectivity index (χ4v) is 3.76. The van der Waals surface area contributed by atoms with Crippen molar-refractivity contribution in [3.8, 4) is 0 Å². The molecule has 1 fully saturated rings. The monoisotopic (exact) mass is 245 g/mol. The third-order valence-electron chi connectivity index (χ3n) is 4.80. The van der Waals surface area contributed by atoms with E-state index in [0.717, 1.165) is 12.8 Å². The van der Waals surface area contributed by atoms with Gasteiger partial charge < -0.3 is 5.11 Å². The van der Waals surface area contributed by atoms with Gasteiger partial charge in [-0.1, -0.05) is 31.7 Å². The van der Waals surface area contributed by atoms with Gasteiger partial charge in [0.15, 0.2) is 0 Å². The number of aliphatic hydroxyl groups excluding tert-OH is 1. The highest BCUT2D eigenvalue weighted by Crippen LogP contribution is 2.39. The number of aryl methyl sites for hydroxylation is 1. The van der Waals surface area contributed by atoms with Crippen molar-refractivity contribution < 1.29 is 5.11 Å². The summed E-state index contributed by atoms with van der Waals surface area (Å²) in [6.07, 6.45) is 11.6. The van der Waals surface area contributed by atoms with E-state index in [2.05, 4.69) is 11.1 Å². The van der Waals surface area contributed by atoms with Gasteiger partial charge in [0, 0.05) is 17.8 Å². The molecule has 3 rings (SSSR count). The van der Waals surface area contributed by atoms with Gasteiger partial charge in [0.2, 0.25) is 0 Å². The maximum Gasteiger partial charge on any atom is 0.0652 e. The Labute approximate surface area is 109 Å². The van der Waals surface area contributed by atoms with Gasteiger partial charge in [0.1, 0.15) is 0 Å². The van der Waals surface area contributed by atoms with Gasteiger partial charge in [-0.05, 0) is 43.2 Å². The summed E-state index contributed by atoms with van der Waals surface area (Å²) in [6.45, 7) is 0. The molecule has 2 aliphatic carbocycles. The van der Waals surface area contributed by atoms with Crippen LogP contribution in [0.3, 0.4) is 0 Å². The highest BCUT2D eigenvalue weighted by molar-refractivity contribution is 5.29. The standard InChI is InChI=1S/C16H23NO/c18-16(13-6-3-1-2-4-7-13)14-10-9-12-8-5-11-17-15(12)14/h5,8,11,13-14,16,18H,1-4,6-7,9-10H2. The van der Waals surface area contributed by atoms with Crippen LogP contribution in [0.25, 0.3) is 0 Å². The Bertz CT molecular complexity index is 396. The van der Waals surface area contributed by atoms with Crippen molar-refractivity contribution in [2.45, 2.75) is 63.4 Å². The zero-order valence-corrected chi connectivity index (χ0v) is 11.0. The zero-order valence-electron chi connectivity index (χ0n) is 11.0. The number of aromatic nitrogens is 1. The average Bonchev–Trinajstić information content (AvgIpc) is 2.65. The van der Waals surface area contributed by atoms with Crippen molar-refractivity contribution in [3.63, 3.8) is 0 Å². The molecule has 0 bridgehead atoms. The molecule has 0 spiro atoms. The fourth-order valence-electron chi connectivity index (χ4n) is 3.76. The van der Waals surface area contributed by atoms with Crippen LogP contribution in [0.4, 0.5) is 0 Å². The summed E-state index contributed by atoms with van der Waals surface area (Å²) >= 11 is 0. The van der Waals surface area contributed by atoms with Gasteiger partial charge in [0.25, 0.3) is 0 Å². The van der Waals surface area contributed by atoms with Crippen LogP contribution in [0, 0.1) is 5.92 Å². The van der Waals surface area contributed by atoms with Crippen molar-refractivity contribution in [1.82, 2.24) is 4.98 Å². The lowest BCUT2D eigenvalue weighted by atomic mass is 9.84. The molecular weight excluding hydrogens is 222 g/mol. The third-order valence-corrected chi connectivity index (χ3v) is 4.80.